The van der Waals surface area contributed by atoms with E-state index in [1.165, 1.54) is 21.9 Å². The number of para-hydroxylation sites is 2. The van der Waals surface area contributed by atoms with E-state index in [1.54, 1.807) is 0 Å². The monoisotopic (exact) mass is 458 g/mol. The van der Waals surface area contributed by atoms with E-state index in [1.807, 2.05) is 30.3 Å². The predicted molar refractivity (Wildman–Crippen MR) is 121 cm³/mol. The Morgan fingerprint density at radius 3 is 1.93 bits per heavy atom. The van der Waals surface area contributed by atoms with E-state index in [-0.39, 0.29) is 0 Å². The topological polar surface area (TPSA) is 25.8 Å². The maximum atomic E-state index is 4.86. The van der Waals surface area contributed by atoms with E-state index in [4.69, 9.17) is 9.97 Å². The lowest BCUT2D eigenvalue weighted by Crippen LogP contribution is -1.94. The van der Waals surface area contributed by atoms with Crippen molar-refractivity contribution in [1.82, 2.24) is 9.97 Å². The second-order valence-electron chi connectivity index (χ2n) is 6.49. The standard InChI is InChI=1S/C24H15IN2/c25-24-23(26-21-8-4-5-9-22(21)27-24)19-13-11-17-10-12-18(14-20(17)15-19)16-6-2-1-3-7-16/h1-15H. The first-order valence-electron chi connectivity index (χ1n) is 8.80. The van der Waals surface area contributed by atoms with Gasteiger partial charge >= 0.3 is 0 Å². The smallest absolute Gasteiger partial charge is 0.128 e. The summed E-state index contributed by atoms with van der Waals surface area (Å²) in [7, 11) is 0. The minimum atomic E-state index is 0.921. The molecule has 4 aromatic carbocycles. The summed E-state index contributed by atoms with van der Waals surface area (Å²) in [5.41, 5.74) is 6.32. The molecular formula is C24H15IN2. The van der Waals surface area contributed by atoms with E-state index in [9.17, 15) is 0 Å². The van der Waals surface area contributed by atoms with Crippen LogP contribution in [0.1, 0.15) is 0 Å². The van der Waals surface area contributed by atoms with Gasteiger partial charge in [-0.1, -0.05) is 66.7 Å². The lowest BCUT2D eigenvalue weighted by atomic mass is 9.99. The fourth-order valence-corrected chi connectivity index (χ4v) is 4.06. The molecule has 0 radical (unpaired) electrons. The second kappa shape index (κ2) is 6.74. The number of fused-ring (bicyclic) bond motifs is 2. The summed E-state index contributed by atoms with van der Waals surface area (Å²) >= 11 is 2.28. The summed E-state index contributed by atoms with van der Waals surface area (Å²) in [6.07, 6.45) is 0. The van der Waals surface area contributed by atoms with Gasteiger partial charge in [0, 0.05) is 5.56 Å². The molecule has 0 saturated carbocycles. The van der Waals surface area contributed by atoms with Crippen molar-refractivity contribution in [2.24, 2.45) is 0 Å². The Kier molecular flexibility index (Phi) is 4.09. The molecule has 0 aliphatic rings. The normalized spacial score (nSPS) is 11.1. The highest BCUT2D eigenvalue weighted by molar-refractivity contribution is 14.1. The van der Waals surface area contributed by atoms with Gasteiger partial charge in [0.15, 0.2) is 0 Å². The average molecular weight is 458 g/mol. The Bertz CT molecular complexity index is 1280. The number of nitrogens with zero attached hydrogens (tertiary/aromatic N) is 2. The van der Waals surface area contributed by atoms with Crippen molar-refractivity contribution >= 4 is 44.4 Å². The molecule has 0 atom stereocenters. The number of benzene rings is 4. The van der Waals surface area contributed by atoms with Crippen LogP contribution in [0.15, 0.2) is 91.0 Å². The van der Waals surface area contributed by atoms with E-state index < -0.39 is 0 Å². The molecule has 2 nitrogen and oxygen atoms in total. The van der Waals surface area contributed by atoms with E-state index in [0.717, 1.165) is 26.0 Å². The molecule has 5 aromatic rings. The lowest BCUT2D eigenvalue weighted by molar-refractivity contribution is 1.25. The van der Waals surface area contributed by atoms with Crippen molar-refractivity contribution in [2.45, 2.75) is 0 Å². The Morgan fingerprint density at radius 1 is 0.519 bits per heavy atom. The maximum absolute atomic E-state index is 4.86. The lowest BCUT2D eigenvalue weighted by Gasteiger charge is -2.09. The molecule has 1 aromatic heterocycles. The van der Waals surface area contributed by atoms with Crippen molar-refractivity contribution in [3.05, 3.63) is 94.7 Å². The molecule has 0 bridgehead atoms. The van der Waals surface area contributed by atoms with Gasteiger partial charge < -0.3 is 0 Å². The number of hydrogen-bond acceptors (Lipinski definition) is 2. The molecule has 0 aliphatic heterocycles. The van der Waals surface area contributed by atoms with Crippen LogP contribution in [-0.4, -0.2) is 9.97 Å². The Morgan fingerprint density at radius 2 is 1.15 bits per heavy atom. The largest absolute Gasteiger partial charge is 0.243 e. The molecule has 0 fully saturated rings. The molecule has 128 valence electrons. The molecule has 3 heteroatoms. The molecular weight excluding hydrogens is 443 g/mol. The Balaban J connectivity index is 1.67. The number of rotatable bonds is 2. The van der Waals surface area contributed by atoms with Crippen LogP contribution in [0.25, 0.3) is 44.2 Å². The predicted octanol–water partition coefficient (Wildman–Crippen LogP) is 6.72. The minimum Gasteiger partial charge on any atom is -0.243 e. The molecule has 0 N–H and O–H groups in total. The highest BCUT2D eigenvalue weighted by atomic mass is 127. The van der Waals surface area contributed by atoms with Crippen molar-refractivity contribution in [2.75, 3.05) is 0 Å². The van der Waals surface area contributed by atoms with E-state index >= 15 is 0 Å². The van der Waals surface area contributed by atoms with Crippen molar-refractivity contribution in [1.29, 1.82) is 0 Å². The first-order valence-corrected chi connectivity index (χ1v) is 9.88. The molecule has 1 heterocycles. The highest BCUT2D eigenvalue weighted by Gasteiger charge is 2.10. The van der Waals surface area contributed by atoms with Gasteiger partial charge in [0.2, 0.25) is 0 Å². The van der Waals surface area contributed by atoms with Crippen LogP contribution in [0.5, 0.6) is 0 Å². The van der Waals surface area contributed by atoms with Crippen LogP contribution in [0, 0.1) is 3.70 Å². The molecule has 0 spiro atoms. The SMILES string of the molecule is Ic1nc2ccccc2nc1-c1ccc2ccc(-c3ccccc3)cc2c1. The maximum Gasteiger partial charge on any atom is 0.128 e. The summed E-state index contributed by atoms with van der Waals surface area (Å²) in [5, 5.41) is 2.43. The molecule has 0 saturated heterocycles. The van der Waals surface area contributed by atoms with Gasteiger partial charge in [-0.2, -0.15) is 0 Å². The zero-order valence-corrected chi connectivity index (χ0v) is 16.6. The Labute approximate surface area is 171 Å². The molecule has 0 aliphatic carbocycles. The van der Waals surface area contributed by atoms with Crippen LogP contribution in [0.3, 0.4) is 0 Å². The van der Waals surface area contributed by atoms with Gasteiger partial charge in [0.05, 0.1) is 11.0 Å². The van der Waals surface area contributed by atoms with Crippen molar-refractivity contribution in [3.63, 3.8) is 0 Å². The molecule has 0 amide bonds. The fourth-order valence-electron chi connectivity index (χ4n) is 3.37. The third-order valence-corrected chi connectivity index (χ3v) is 5.50. The highest BCUT2D eigenvalue weighted by Crippen LogP contribution is 2.30. The van der Waals surface area contributed by atoms with Gasteiger partial charge in [-0.15, -0.1) is 0 Å². The van der Waals surface area contributed by atoms with Crippen LogP contribution in [-0.2, 0) is 0 Å². The first kappa shape index (κ1) is 16.4. The summed E-state index contributed by atoms with van der Waals surface area (Å²) in [4.78, 5) is 9.58. The third kappa shape index (κ3) is 3.08. The first-order chi connectivity index (χ1) is 13.3. The fraction of sp³-hybridized carbons (Fsp3) is 0. The zero-order chi connectivity index (χ0) is 18.2. The summed E-state index contributed by atoms with van der Waals surface area (Å²) in [5.74, 6) is 0. The van der Waals surface area contributed by atoms with Crippen LogP contribution < -0.4 is 0 Å². The number of aromatic nitrogens is 2. The van der Waals surface area contributed by atoms with Crippen molar-refractivity contribution in [3.8, 4) is 22.4 Å². The van der Waals surface area contributed by atoms with Crippen molar-refractivity contribution < 1.29 is 0 Å². The quantitative estimate of drug-likeness (QED) is 0.275. The molecule has 27 heavy (non-hydrogen) atoms. The van der Waals surface area contributed by atoms with Gasteiger partial charge in [0.25, 0.3) is 0 Å². The number of hydrogen-bond donors (Lipinski definition) is 0. The third-order valence-electron chi connectivity index (χ3n) is 4.75. The number of halogens is 1. The van der Waals surface area contributed by atoms with Crippen LogP contribution in [0.4, 0.5) is 0 Å². The second-order valence-corrected chi connectivity index (χ2v) is 7.52. The van der Waals surface area contributed by atoms with Gasteiger partial charge in [0.1, 0.15) is 9.39 Å². The van der Waals surface area contributed by atoms with Gasteiger partial charge in [-0.05, 0) is 68.8 Å². The van der Waals surface area contributed by atoms with E-state index in [0.29, 0.717) is 0 Å². The molecule has 0 unspecified atom stereocenters. The van der Waals surface area contributed by atoms with E-state index in [2.05, 4.69) is 83.3 Å². The van der Waals surface area contributed by atoms with Crippen LogP contribution >= 0.6 is 22.6 Å². The summed E-state index contributed by atoms with van der Waals surface area (Å²) in [6, 6.07) is 31.6. The Hall–Kier alpha value is -2.79. The van der Waals surface area contributed by atoms with Gasteiger partial charge in [-0.3, -0.25) is 0 Å². The summed E-state index contributed by atoms with van der Waals surface area (Å²) in [6.45, 7) is 0. The summed E-state index contributed by atoms with van der Waals surface area (Å²) < 4.78 is 0.921. The van der Waals surface area contributed by atoms with Crippen LogP contribution in [0.2, 0.25) is 0 Å². The molecule has 5 rings (SSSR count). The minimum absolute atomic E-state index is 0.921. The van der Waals surface area contributed by atoms with Gasteiger partial charge in [-0.25, -0.2) is 9.97 Å². The zero-order valence-electron chi connectivity index (χ0n) is 14.4. The average Bonchev–Trinajstić information content (AvgIpc) is 2.73.